The third-order valence-corrected chi connectivity index (χ3v) is 4.57. The van der Waals surface area contributed by atoms with Crippen LogP contribution in [-0.2, 0) is 4.74 Å². The summed E-state index contributed by atoms with van der Waals surface area (Å²) in [6, 6.07) is 11.3. The Bertz CT molecular complexity index is 829. The summed E-state index contributed by atoms with van der Waals surface area (Å²) >= 11 is 0. The fourth-order valence-electron chi connectivity index (χ4n) is 3.11. The number of hydrogen-bond donors (Lipinski definition) is 1. The number of ketones is 2. The molecule has 1 N–H and O–H groups in total. The van der Waals surface area contributed by atoms with E-state index < -0.39 is 11.8 Å². The average molecular weight is 356 g/mol. The molecule has 1 aliphatic heterocycles. The minimum Gasteiger partial charge on any atom is -0.504 e. The number of methoxy groups -OCH3 is 2. The lowest BCUT2D eigenvalue weighted by Crippen LogP contribution is -2.29. The molecule has 0 radical (unpaired) electrons. The van der Waals surface area contributed by atoms with Crippen LogP contribution in [0.15, 0.2) is 42.5 Å². The molecule has 0 unspecified atom stereocenters. The van der Waals surface area contributed by atoms with E-state index in [1.807, 2.05) is 0 Å². The summed E-state index contributed by atoms with van der Waals surface area (Å²) in [6.45, 7) is 0.379. The van der Waals surface area contributed by atoms with Gasteiger partial charge in [0.2, 0.25) is 0 Å². The fraction of sp³-hybridized carbons (Fsp3) is 0.300. The van der Waals surface area contributed by atoms with Gasteiger partial charge in [-0.2, -0.15) is 0 Å². The first-order chi connectivity index (χ1) is 12.5. The van der Waals surface area contributed by atoms with Gasteiger partial charge in [0.1, 0.15) is 5.75 Å². The van der Waals surface area contributed by atoms with Gasteiger partial charge in [-0.3, -0.25) is 9.59 Å². The highest BCUT2D eigenvalue weighted by Crippen LogP contribution is 2.32. The van der Waals surface area contributed by atoms with Crippen LogP contribution >= 0.6 is 0 Å². The normalized spacial score (nSPS) is 19.2. The number of phenolic OH excluding ortho intramolecular Hbond substituents is 1. The second-order valence-electron chi connectivity index (χ2n) is 6.10. The molecule has 0 amide bonds. The van der Waals surface area contributed by atoms with E-state index in [1.165, 1.54) is 32.4 Å². The van der Waals surface area contributed by atoms with Gasteiger partial charge in [0.15, 0.2) is 23.1 Å². The molecule has 6 nitrogen and oxygen atoms in total. The second kappa shape index (κ2) is 7.58. The maximum atomic E-state index is 12.9. The summed E-state index contributed by atoms with van der Waals surface area (Å²) in [4.78, 5) is 25.8. The van der Waals surface area contributed by atoms with Gasteiger partial charge in [0, 0.05) is 11.1 Å². The summed E-state index contributed by atoms with van der Waals surface area (Å²) in [5.74, 6) is -0.744. The number of ether oxygens (including phenoxy) is 3. The van der Waals surface area contributed by atoms with Crippen molar-refractivity contribution < 1.29 is 28.9 Å². The average Bonchev–Trinajstić information content (AvgIpc) is 3.17. The summed E-state index contributed by atoms with van der Waals surface area (Å²) < 4.78 is 15.7. The van der Waals surface area contributed by atoms with Gasteiger partial charge < -0.3 is 19.3 Å². The molecule has 0 aliphatic carbocycles. The molecule has 1 aliphatic rings. The van der Waals surface area contributed by atoms with E-state index in [0.29, 0.717) is 16.9 Å². The molecular weight excluding hydrogens is 336 g/mol. The van der Waals surface area contributed by atoms with E-state index in [9.17, 15) is 14.7 Å². The minimum atomic E-state index is -0.581. The van der Waals surface area contributed by atoms with Crippen LogP contribution in [0.25, 0.3) is 0 Å². The van der Waals surface area contributed by atoms with Crippen LogP contribution in [0.5, 0.6) is 17.2 Å². The molecule has 6 heteroatoms. The molecule has 1 saturated heterocycles. The molecule has 26 heavy (non-hydrogen) atoms. The molecule has 0 aromatic heterocycles. The molecule has 136 valence electrons. The zero-order valence-electron chi connectivity index (χ0n) is 14.6. The van der Waals surface area contributed by atoms with Crippen LogP contribution in [0.4, 0.5) is 0 Å². The van der Waals surface area contributed by atoms with Crippen LogP contribution in [0.3, 0.4) is 0 Å². The van der Waals surface area contributed by atoms with Gasteiger partial charge in [0.25, 0.3) is 0 Å². The van der Waals surface area contributed by atoms with Crippen molar-refractivity contribution in [2.45, 2.75) is 0 Å². The van der Waals surface area contributed by atoms with E-state index >= 15 is 0 Å². The third-order valence-electron chi connectivity index (χ3n) is 4.57. The Kier molecular flexibility index (Phi) is 5.23. The zero-order valence-corrected chi connectivity index (χ0v) is 14.6. The lowest BCUT2D eigenvalue weighted by Gasteiger charge is -2.16. The fourth-order valence-corrected chi connectivity index (χ4v) is 3.11. The maximum absolute atomic E-state index is 12.9. The molecule has 2 aromatic carbocycles. The Balaban J connectivity index is 1.85. The molecule has 1 fully saturated rings. The monoisotopic (exact) mass is 356 g/mol. The Hall–Kier alpha value is -2.86. The first kappa shape index (κ1) is 17.9. The summed E-state index contributed by atoms with van der Waals surface area (Å²) in [5.41, 5.74) is 0.861. The number of carbonyl (C=O) groups excluding carboxylic acids is 2. The van der Waals surface area contributed by atoms with Gasteiger partial charge in [-0.25, -0.2) is 0 Å². The Labute approximate surface area is 151 Å². The summed E-state index contributed by atoms with van der Waals surface area (Å²) in [5, 5.41) is 9.69. The summed E-state index contributed by atoms with van der Waals surface area (Å²) in [6.07, 6.45) is 0. The zero-order chi connectivity index (χ0) is 18.7. The first-order valence-corrected chi connectivity index (χ1v) is 8.22. The van der Waals surface area contributed by atoms with Crippen LogP contribution in [0, 0.1) is 11.8 Å². The Morgan fingerprint density at radius 2 is 1.62 bits per heavy atom. The predicted octanol–water partition coefficient (Wildman–Crippen LogP) is 2.74. The molecule has 3 rings (SSSR count). The van der Waals surface area contributed by atoms with Crippen LogP contribution < -0.4 is 9.47 Å². The smallest absolute Gasteiger partial charge is 0.169 e. The van der Waals surface area contributed by atoms with E-state index in [1.54, 1.807) is 24.3 Å². The molecule has 2 atom stereocenters. The number of aromatic hydroxyl groups is 1. The van der Waals surface area contributed by atoms with Gasteiger partial charge in [-0.1, -0.05) is 12.1 Å². The van der Waals surface area contributed by atoms with E-state index in [0.717, 1.165) is 0 Å². The number of benzene rings is 2. The highest BCUT2D eigenvalue weighted by molar-refractivity contribution is 6.05. The number of rotatable bonds is 6. The quantitative estimate of drug-likeness (QED) is 0.802. The van der Waals surface area contributed by atoms with Crippen molar-refractivity contribution in [1.82, 2.24) is 0 Å². The van der Waals surface area contributed by atoms with Gasteiger partial charge in [-0.05, 0) is 30.3 Å². The molecule has 0 saturated carbocycles. The van der Waals surface area contributed by atoms with Crippen molar-refractivity contribution in [2.75, 3.05) is 27.4 Å². The van der Waals surface area contributed by atoms with Crippen molar-refractivity contribution in [2.24, 2.45) is 11.8 Å². The van der Waals surface area contributed by atoms with Crippen molar-refractivity contribution in [3.63, 3.8) is 0 Å². The van der Waals surface area contributed by atoms with Crippen molar-refractivity contribution in [3.05, 3.63) is 53.6 Å². The predicted molar refractivity (Wildman–Crippen MR) is 94.1 cm³/mol. The number of hydrogen-bond acceptors (Lipinski definition) is 6. The Morgan fingerprint density at radius 1 is 0.962 bits per heavy atom. The van der Waals surface area contributed by atoms with Crippen LogP contribution in [-0.4, -0.2) is 44.1 Å². The molecular formula is C20H20O6. The van der Waals surface area contributed by atoms with Crippen molar-refractivity contribution in [3.8, 4) is 17.2 Å². The standard InChI is InChI=1S/C20H20O6/c1-24-14-5-3-4-12(8-14)19(22)15-10-26-11-16(15)20(23)13-6-7-17(21)18(9-13)25-2/h3-9,15-16,21H,10-11H2,1-2H3/t15-,16-/m0/s1. The largest absolute Gasteiger partial charge is 0.504 e. The van der Waals surface area contributed by atoms with Crippen LogP contribution in [0.1, 0.15) is 20.7 Å². The summed E-state index contributed by atoms with van der Waals surface area (Å²) in [7, 11) is 2.95. The first-order valence-electron chi connectivity index (χ1n) is 8.22. The minimum absolute atomic E-state index is 0.0456. The number of phenols is 1. The maximum Gasteiger partial charge on any atom is 0.169 e. The highest BCUT2D eigenvalue weighted by Gasteiger charge is 2.39. The number of carbonyl (C=O) groups is 2. The van der Waals surface area contributed by atoms with E-state index in [-0.39, 0.29) is 36.3 Å². The van der Waals surface area contributed by atoms with Crippen molar-refractivity contribution >= 4 is 11.6 Å². The van der Waals surface area contributed by atoms with Gasteiger partial charge in [-0.15, -0.1) is 0 Å². The molecule has 0 spiro atoms. The van der Waals surface area contributed by atoms with Crippen LogP contribution in [0.2, 0.25) is 0 Å². The highest BCUT2D eigenvalue weighted by atomic mass is 16.5. The second-order valence-corrected chi connectivity index (χ2v) is 6.10. The lowest BCUT2D eigenvalue weighted by molar-refractivity contribution is 0.0809. The molecule has 2 aromatic rings. The van der Waals surface area contributed by atoms with E-state index in [2.05, 4.69) is 0 Å². The van der Waals surface area contributed by atoms with Crippen molar-refractivity contribution in [1.29, 1.82) is 0 Å². The lowest BCUT2D eigenvalue weighted by atomic mass is 9.83. The third kappa shape index (κ3) is 3.41. The topological polar surface area (TPSA) is 82.1 Å². The SMILES string of the molecule is COc1cccc(C(=O)[C@H]2COC[C@@H]2C(=O)c2ccc(O)c(OC)c2)c1. The number of Topliss-reactive ketones (excluding diaryl/α,β-unsaturated/α-hetero) is 2. The molecule has 0 bridgehead atoms. The van der Waals surface area contributed by atoms with E-state index in [4.69, 9.17) is 14.2 Å². The Morgan fingerprint density at radius 3 is 2.23 bits per heavy atom. The van der Waals surface area contributed by atoms with Gasteiger partial charge in [0.05, 0.1) is 39.3 Å². The molecule has 1 heterocycles. The van der Waals surface area contributed by atoms with Gasteiger partial charge >= 0.3 is 0 Å².